The van der Waals surface area contributed by atoms with Gasteiger partial charge >= 0.3 is 0 Å². The van der Waals surface area contributed by atoms with Crippen LogP contribution in [0.25, 0.3) is 0 Å². The fraction of sp³-hybridized carbons (Fsp3) is 0.292. The first-order valence-electron chi connectivity index (χ1n) is 10.2. The maximum absolute atomic E-state index is 13.1. The van der Waals surface area contributed by atoms with Gasteiger partial charge in [-0.15, -0.1) is 0 Å². The predicted octanol–water partition coefficient (Wildman–Crippen LogP) is 3.14. The van der Waals surface area contributed by atoms with Crippen LogP contribution >= 0.6 is 0 Å². The lowest BCUT2D eigenvalue weighted by atomic mass is 9.79. The fourth-order valence-corrected chi connectivity index (χ4v) is 3.99. The van der Waals surface area contributed by atoms with Crippen molar-refractivity contribution in [3.8, 4) is 0 Å². The Morgan fingerprint density at radius 3 is 2.50 bits per heavy atom. The molecule has 0 saturated heterocycles. The third-order valence-corrected chi connectivity index (χ3v) is 5.56. The van der Waals surface area contributed by atoms with E-state index in [2.05, 4.69) is 5.32 Å². The molecular formula is C24H24N2O4. The maximum Gasteiger partial charge on any atom is 0.286 e. The number of ketones is 2. The second-order valence-electron chi connectivity index (χ2n) is 7.55. The van der Waals surface area contributed by atoms with Gasteiger partial charge in [-0.05, 0) is 24.6 Å². The minimum Gasteiger partial charge on any atom is -0.480 e. The van der Waals surface area contributed by atoms with Crippen molar-refractivity contribution in [2.45, 2.75) is 32.3 Å². The average Bonchev–Trinajstić information content (AvgIpc) is 3.16. The lowest BCUT2D eigenvalue weighted by Crippen LogP contribution is -2.37. The summed E-state index contributed by atoms with van der Waals surface area (Å²) in [6.45, 7) is 2.42. The topological polar surface area (TPSA) is 77.4 Å². The van der Waals surface area contributed by atoms with Crippen LogP contribution in [0, 0.1) is 0 Å². The van der Waals surface area contributed by atoms with Crippen LogP contribution in [-0.4, -0.2) is 34.7 Å². The number of aryl methyl sites for hydroxylation is 1. The third-order valence-electron chi connectivity index (χ3n) is 5.56. The Morgan fingerprint density at radius 1 is 1.10 bits per heavy atom. The molecule has 1 atom stereocenters. The van der Waals surface area contributed by atoms with Gasteiger partial charge in [0.25, 0.3) is 5.91 Å². The molecular weight excluding hydrogens is 380 g/mol. The Balaban J connectivity index is 1.59. The number of benzene rings is 1. The second kappa shape index (κ2) is 8.14. The first-order valence-corrected chi connectivity index (χ1v) is 10.2. The van der Waals surface area contributed by atoms with Gasteiger partial charge in [0.1, 0.15) is 6.10 Å². The Morgan fingerprint density at radius 2 is 1.83 bits per heavy atom. The quantitative estimate of drug-likeness (QED) is 0.802. The Hall–Kier alpha value is -3.41. The van der Waals surface area contributed by atoms with Gasteiger partial charge in [-0.3, -0.25) is 14.4 Å². The normalized spacial score (nSPS) is 17.8. The zero-order chi connectivity index (χ0) is 21.3. The van der Waals surface area contributed by atoms with E-state index in [-0.39, 0.29) is 28.8 Å². The summed E-state index contributed by atoms with van der Waals surface area (Å²) in [7, 11) is 1.96. The number of rotatable bonds is 6. The monoisotopic (exact) mass is 404 g/mol. The second-order valence-corrected chi connectivity index (χ2v) is 7.55. The van der Waals surface area contributed by atoms with Crippen molar-refractivity contribution in [3.05, 3.63) is 82.4 Å². The molecule has 0 fully saturated rings. The number of aromatic nitrogens is 1. The van der Waals surface area contributed by atoms with Gasteiger partial charge in [0.2, 0.25) is 0 Å². The molecule has 1 aromatic heterocycles. The highest BCUT2D eigenvalue weighted by atomic mass is 16.5. The summed E-state index contributed by atoms with van der Waals surface area (Å²) in [5, 5.41) is 2.86. The van der Waals surface area contributed by atoms with Crippen LogP contribution in [0.15, 0.2) is 65.6 Å². The zero-order valence-electron chi connectivity index (χ0n) is 17.1. The zero-order valence-corrected chi connectivity index (χ0v) is 17.1. The first-order chi connectivity index (χ1) is 14.5. The van der Waals surface area contributed by atoms with E-state index >= 15 is 0 Å². The van der Waals surface area contributed by atoms with Crippen molar-refractivity contribution in [2.24, 2.45) is 7.05 Å². The van der Waals surface area contributed by atoms with Gasteiger partial charge < -0.3 is 14.6 Å². The Bertz CT molecular complexity index is 1090. The smallest absolute Gasteiger partial charge is 0.286 e. The Kier molecular flexibility index (Phi) is 5.40. The molecule has 6 nitrogen and oxygen atoms in total. The highest BCUT2D eigenvalue weighted by Gasteiger charge is 2.39. The van der Waals surface area contributed by atoms with Crippen LogP contribution in [0.1, 0.15) is 46.2 Å². The molecule has 0 bridgehead atoms. The molecule has 1 amide bonds. The lowest BCUT2D eigenvalue weighted by molar-refractivity contribution is -0.121. The van der Waals surface area contributed by atoms with Crippen molar-refractivity contribution in [1.82, 2.24) is 9.88 Å². The van der Waals surface area contributed by atoms with Crippen LogP contribution in [0.5, 0.6) is 0 Å². The number of nitrogens with one attached hydrogen (secondary N) is 1. The lowest BCUT2D eigenvalue weighted by Gasteiger charge is -2.30. The molecule has 0 radical (unpaired) electrons. The van der Waals surface area contributed by atoms with E-state index in [4.69, 9.17) is 4.74 Å². The van der Waals surface area contributed by atoms with Gasteiger partial charge in [-0.1, -0.05) is 37.6 Å². The van der Waals surface area contributed by atoms with Crippen LogP contribution in [0.4, 0.5) is 0 Å². The molecule has 30 heavy (non-hydrogen) atoms. The van der Waals surface area contributed by atoms with E-state index in [1.807, 2.05) is 36.9 Å². The number of fused-ring (bicyclic) bond motifs is 1. The molecule has 1 aliphatic carbocycles. The SMILES string of the molecule is CCCC1OC(C(=O)NCCc2cccn2C)=CC2=C1C(=O)c1ccccc1C2=O. The van der Waals surface area contributed by atoms with E-state index in [0.717, 1.165) is 12.1 Å². The van der Waals surface area contributed by atoms with E-state index in [0.29, 0.717) is 36.1 Å². The highest BCUT2D eigenvalue weighted by molar-refractivity contribution is 6.28. The van der Waals surface area contributed by atoms with E-state index in [9.17, 15) is 14.4 Å². The molecule has 0 spiro atoms. The largest absolute Gasteiger partial charge is 0.480 e. The average molecular weight is 404 g/mol. The molecule has 4 rings (SSSR count). The number of Topliss-reactive ketones (excluding diaryl/α,β-unsaturated/α-hetero) is 2. The molecule has 6 heteroatoms. The molecule has 2 aromatic rings. The number of carbonyl (C=O) groups is 3. The molecule has 1 aliphatic heterocycles. The van der Waals surface area contributed by atoms with Crippen LogP contribution in [-0.2, 0) is 23.0 Å². The third kappa shape index (κ3) is 3.49. The summed E-state index contributed by atoms with van der Waals surface area (Å²) in [6, 6.07) is 10.8. The van der Waals surface area contributed by atoms with Crippen LogP contribution < -0.4 is 5.32 Å². The van der Waals surface area contributed by atoms with Crippen molar-refractivity contribution in [2.75, 3.05) is 6.54 Å². The van der Waals surface area contributed by atoms with Crippen molar-refractivity contribution >= 4 is 17.5 Å². The predicted molar refractivity (Wildman–Crippen MR) is 112 cm³/mol. The molecule has 2 heterocycles. The molecule has 0 saturated carbocycles. The van der Waals surface area contributed by atoms with E-state index < -0.39 is 6.10 Å². The first kappa shape index (κ1) is 19.9. The van der Waals surface area contributed by atoms with Gasteiger partial charge in [0, 0.05) is 48.6 Å². The van der Waals surface area contributed by atoms with Crippen LogP contribution in [0.3, 0.4) is 0 Å². The van der Waals surface area contributed by atoms with Crippen molar-refractivity contribution in [1.29, 1.82) is 0 Å². The summed E-state index contributed by atoms with van der Waals surface area (Å²) in [4.78, 5) is 38.9. The number of ether oxygens (including phenoxy) is 1. The Labute approximate surface area is 175 Å². The van der Waals surface area contributed by atoms with Gasteiger partial charge in [-0.25, -0.2) is 0 Å². The summed E-state index contributed by atoms with van der Waals surface area (Å²) in [6.07, 6.45) is 4.76. The van der Waals surface area contributed by atoms with Crippen molar-refractivity contribution in [3.63, 3.8) is 0 Å². The summed E-state index contributed by atoms with van der Waals surface area (Å²) in [5.41, 5.74) is 2.51. The minimum absolute atomic E-state index is 0.0830. The molecule has 2 aliphatic rings. The van der Waals surface area contributed by atoms with E-state index in [1.54, 1.807) is 24.3 Å². The summed E-state index contributed by atoms with van der Waals surface area (Å²) in [5.74, 6) is -0.729. The number of allylic oxidation sites excluding steroid dienone is 2. The summed E-state index contributed by atoms with van der Waals surface area (Å²) >= 11 is 0. The van der Waals surface area contributed by atoms with E-state index in [1.165, 1.54) is 6.08 Å². The standard InChI is InChI=1S/C24H24N2O4/c1-3-7-19-21-18(22(27)16-9-4-5-10-17(16)23(21)28)14-20(30-19)24(29)25-12-11-15-8-6-13-26(15)2/h4-6,8-10,13-14,19H,3,7,11-12H2,1-2H3,(H,25,29). The van der Waals surface area contributed by atoms with Gasteiger partial charge in [-0.2, -0.15) is 0 Å². The van der Waals surface area contributed by atoms with Crippen LogP contribution in [0.2, 0.25) is 0 Å². The molecule has 1 unspecified atom stereocenters. The van der Waals surface area contributed by atoms with Gasteiger partial charge in [0.05, 0.1) is 5.57 Å². The van der Waals surface area contributed by atoms with Crippen molar-refractivity contribution < 1.29 is 19.1 Å². The molecule has 154 valence electrons. The number of hydrogen-bond donors (Lipinski definition) is 1. The number of nitrogens with zero attached hydrogens (tertiary/aromatic N) is 1. The summed E-state index contributed by atoms with van der Waals surface area (Å²) < 4.78 is 7.92. The number of amides is 1. The fourth-order valence-electron chi connectivity index (χ4n) is 3.99. The molecule has 1 aromatic carbocycles. The number of hydrogen-bond acceptors (Lipinski definition) is 4. The minimum atomic E-state index is -0.603. The number of carbonyl (C=O) groups excluding carboxylic acids is 3. The maximum atomic E-state index is 13.1. The highest BCUT2D eigenvalue weighted by Crippen LogP contribution is 2.35. The van der Waals surface area contributed by atoms with Gasteiger partial charge in [0.15, 0.2) is 17.3 Å². The molecule has 1 N–H and O–H groups in total.